The lowest BCUT2D eigenvalue weighted by atomic mass is 9.97. The van der Waals surface area contributed by atoms with Crippen LogP contribution in [0.5, 0.6) is 0 Å². The number of amides is 1. The van der Waals surface area contributed by atoms with Crippen LogP contribution in [0, 0.1) is 0 Å². The number of carbonyl (C=O) groups is 1. The fourth-order valence-electron chi connectivity index (χ4n) is 6.18. The predicted molar refractivity (Wildman–Crippen MR) is 165 cm³/mol. The molecule has 4 aromatic carbocycles. The quantitative estimate of drug-likeness (QED) is 0.266. The highest BCUT2D eigenvalue weighted by molar-refractivity contribution is 6.06. The van der Waals surface area contributed by atoms with Crippen molar-refractivity contribution in [3.05, 3.63) is 127 Å². The number of fused-ring (bicyclic) bond motifs is 2. The van der Waals surface area contributed by atoms with Crippen molar-refractivity contribution in [1.29, 1.82) is 0 Å². The maximum absolute atomic E-state index is 14.2. The van der Waals surface area contributed by atoms with E-state index in [1.807, 2.05) is 11.1 Å². The molecular formula is C35H33N5O. The molecule has 7 rings (SSSR count). The average Bonchev–Trinajstić information content (AvgIpc) is 3.71. The lowest BCUT2D eigenvalue weighted by Crippen LogP contribution is -2.47. The number of aromatic amines is 1. The van der Waals surface area contributed by atoms with Gasteiger partial charge in [-0.3, -0.25) is 4.79 Å². The molecule has 6 nitrogen and oxygen atoms in total. The van der Waals surface area contributed by atoms with Crippen LogP contribution >= 0.6 is 0 Å². The molecule has 0 radical (unpaired) electrons. The van der Waals surface area contributed by atoms with Crippen LogP contribution in [0.2, 0.25) is 0 Å². The van der Waals surface area contributed by atoms with Crippen molar-refractivity contribution < 1.29 is 4.79 Å². The molecule has 0 aliphatic carbocycles. The Hall–Kier alpha value is -4.68. The number of nitrogens with one attached hydrogen (secondary N) is 1. The molecule has 1 unspecified atom stereocenters. The molecule has 6 heteroatoms. The summed E-state index contributed by atoms with van der Waals surface area (Å²) in [7, 11) is 2.11. The summed E-state index contributed by atoms with van der Waals surface area (Å²) in [4.78, 5) is 26.2. The van der Waals surface area contributed by atoms with Crippen molar-refractivity contribution in [3.63, 3.8) is 0 Å². The summed E-state index contributed by atoms with van der Waals surface area (Å²) in [6.07, 6.45) is 8.62. The van der Waals surface area contributed by atoms with Gasteiger partial charge in [-0.15, -0.1) is 0 Å². The highest BCUT2D eigenvalue weighted by Crippen LogP contribution is 2.35. The van der Waals surface area contributed by atoms with Crippen LogP contribution in [0.1, 0.15) is 27.7 Å². The standard InChI is InChI=1S/C35H33N5O/c1-38-16-18-39(19-17-38)35(41)32-23-40(22-31(32)30-15-7-11-26-9-3-5-14-29(26)30)34(33-21-36-24-37-33)20-27-12-6-10-25-8-2-4-13-28(25)27/h2-15,21-24,34H,16-20H2,1H3,(H,36,37). The molecule has 0 spiro atoms. The smallest absolute Gasteiger partial charge is 0.256 e. The van der Waals surface area contributed by atoms with Crippen LogP contribution in [-0.4, -0.2) is 63.5 Å². The number of rotatable bonds is 6. The third-order valence-electron chi connectivity index (χ3n) is 8.48. The second-order valence-electron chi connectivity index (χ2n) is 11.0. The van der Waals surface area contributed by atoms with E-state index in [0.29, 0.717) is 0 Å². The van der Waals surface area contributed by atoms with Crippen molar-refractivity contribution in [3.8, 4) is 11.1 Å². The van der Waals surface area contributed by atoms with E-state index in [4.69, 9.17) is 0 Å². The van der Waals surface area contributed by atoms with Crippen LogP contribution in [0.15, 0.2) is 110 Å². The summed E-state index contributed by atoms with van der Waals surface area (Å²) in [5.74, 6) is 0.0910. The van der Waals surface area contributed by atoms with Gasteiger partial charge < -0.3 is 19.4 Å². The number of nitrogens with zero attached hydrogens (tertiary/aromatic N) is 4. The molecule has 3 heterocycles. The maximum Gasteiger partial charge on any atom is 0.256 e. The summed E-state index contributed by atoms with van der Waals surface area (Å²) in [5.41, 5.74) is 5.06. The number of hydrogen-bond donors (Lipinski definition) is 1. The van der Waals surface area contributed by atoms with E-state index in [1.54, 1.807) is 6.33 Å². The van der Waals surface area contributed by atoms with E-state index in [2.05, 4.69) is 124 Å². The summed E-state index contributed by atoms with van der Waals surface area (Å²) in [6, 6.07) is 29.7. The van der Waals surface area contributed by atoms with Crippen LogP contribution < -0.4 is 0 Å². The van der Waals surface area contributed by atoms with E-state index in [0.717, 1.165) is 65.8 Å². The van der Waals surface area contributed by atoms with E-state index < -0.39 is 0 Å². The highest BCUT2D eigenvalue weighted by atomic mass is 16.2. The fourth-order valence-corrected chi connectivity index (χ4v) is 6.18. The first-order valence-electron chi connectivity index (χ1n) is 14.3. The minimum atomic E-state index is -0.0638. The van der Waals surface area contributed by atoms with Gasteiger partial charge in [-0.1, -0.05) is 84.9 Å². The van der Waals surface area contributed by atoms with Crippen LogP contribution in [0.3, 0.4) is 0 Å². The maximum atomic E-state index is 14.2. The molecular weight excluding hydrogens is 506 g/mol. The zero-order valence-corrected chi connectivity index (χ0v) is 23.2. The molecule has 2 aromatic heterocycles. The summed E-state index contributed by atoms with van der Waals surface area (Å²) in [5, 5.41) is 4.78. The number of likely N-dealkylation sites (N-methyl/N-ethyl adjacent to an activating group) is 1. The van der Waals surface area contributed by atoms with Crippen molar-refractivity contribution in [2.75, 3.05) is 33.2 Å². The van der Waals surface area contributed by atoms with Crippen molar-refractivity contribution in [2.24, 2.45) is 0 Å². The van der Waals surface area contributed by atoms with Gasteiger partial charge in [0.2, 0.25) is 0 Å². The second kappa shape index (κ2) is 10.7. The van der Waals surface area contributed by atoms with Gasteiger partial charge in [-0.05, 0) is 46.1 Å². The van der Waals surface area contributed by atoms with Gasteiger partial charge in [-0.25, -0.2) is 4.98 Å². The van der Waals surface area contributed by atoms with Crippen LogP contribution in [-0.2, 0) is 6.42 Å². The molecule has 0 saturated carbocycles. The number of carbonyl (C=O) groups excluding carboxylic acids is 1. The normalized spacial score (nSPS) is 15.0. The Morgan fingerprint density at radius 3 is 2.24 bits per heavy atom. The van der Waals surface area contributed by atoms with Crippen molar-refractivity contribution in [1.82, 2.24) is 24.3 Å². The van der Waals surface area contributed by atoms with Gasteiger partial charge >= 0.3 is 0 Å². The zero-order valence-electron chi connectivity index (χ0n) is 23.2. The van der Waals surface area contributed by atoms with E-state index in [-0.39, 0.29) is 11.9 Å². The predicted octanol–water partition coefficient (Wildman–Crippen LogP) is 6.40. The fraction of sp³-hybridized carbons (Fsp3) is 0.200. The Balaban J connectivity index is 1.38. The third kappa shape index (κ3) is 4.81. The Morgan fingerprint density at radius 1 is 0.805 bits per heavy atom. The minimum Gasteiger partial charge on any atom is -0.347 e. The van der Waals surface area contributed by atoms with Gasteiger partial charge in [0.15, 0.2) is 0 Å². The number of imidazole rings is 1. The molecule has 1 atom stereocenters. The lowest BCUT2D eigenvalue weighted by molar-refractivity contribution is 0.0664. The van der Waals surface area contributed by atoms with Gasteiger partial charge in [0.05, 0.1) is 29.8 Å². The van der Waals surface area contributed by atoms with Crippen LogP contribution in [0.4, 0.5) is 0 Å². The molecule has 1 saturated heterocycles. The molecule has 1 aliphatic rings. The highest BCUT2D eigenvalue weighted by Gasteiger charge is 2.27. The second-order valence-corrected chi connectivity index (χ2v) is 11.0. The molecule has 0 bridgehead atoms. The largest absolute Gasteiger partial charge is 0.347 e. The van der Waals surface area contributed by atoms with Gasteiger partial charge in [0, 0.05) is 44.1 Å². The summed E-state index contributed by atoms with van der Waals surface area (Å²) >= 11 is 0. The zero-order chi connectivity index (χ0) is 27.8. The topological polar surface area (TPSA) is 57.2 Å². The summed E-state index contributed by atoms with van der Waals surface area (Å²) in [6.45, 7) is 3.23. The number of benzene rings is 4. The first kappa shape index (κ1) is 25.3. The number of piperazine rings is 1. The Morgan fingerprint density at radius 2 is 1.49 bits per heavy atom. The van der Waals surface area contributed by atoms with Crippen LogP contribution in [0.25, 0.3) is 32.7 Å². The van der Waals surface area contributed by atoms with Gasteiger partial charge in [-0.2, -0.15) is 0 Å². The number of hydrogen-bond acceptors (Lipinski definition) is 3. The Bertz CT molecular complexity index is 1820. The molecule has 6 aromatic rings. The lowest BCUT2D eigenvalue weighted by Gasteiger charge is -2.32. The van der Waals surface area contributed by atoms with Crippen molar-refractivity contribution in [2.45, 2.75) is 12.5 Å². The van der Waals surface area contributed by atoms with E-state index in [1.165, 1.54) is 16.3 Å². The number of aromatic nitrogens is 3. The van der Waals surface area contributed by atoms with E-state index in [9.17, 15) is 4.79 Å². The monoisotopic (exact) mass is 539 g/mol. The number of H-pyrrole nitrogens is 1. The first-order valence-corrected chi connectivity index (χ1v) is 14.3. The Labute approximate surface area is 239 Å². The molecule has 1 N–H and O–H groups in total. The SMILES string of the molecule is CN1CCN(C(=O)c2cn(C(Cc3cccc4ccccc34)c3cnc[nH]3)cc2-c2cccc3ccccc23)CC1. The molecule has 41 heavy (non-hydrogen) atoms. The minimum absolute atomic E-state index is 0.0638. The van der Waals surface area contributed by atoms with E-state index >= 15 is 0 Å². The molecule has 204 valence electrons. The van der Waals surface area contributed by atoms with Gasteiger partial charge in [0.1, 0.15) is 0 Å². The average molecular weight is 540 g/mol. The van der Waals surface area contributed by atoms with Crippen molar-refractivity contribution >= 4 is 27.5 Å². The molecule has 1 aliphatic heterocycles. The molecule has 1 amide bonds. The summed E-state index contributed by atoms with van der Waals surface area (Å²) < 4.78 is 2.22. The Kier molecular flexibility index (Phi) is 6.61. The first-order chi connectivity index (χ1) is 20.2. The third-order valence-corrected chi connectivity index (χ3v) is 8.48. The van der Waals surface area contributed by atoms with Gasteiger partial charge in [0.25, 0.3) is 5.91 Å². The molecule has 1 fully saturated rings.